The molecule has 194 valence electrons. The molecule has 9 heteroatoms. The Balaban J connectivity index is 1.59. The van der Waals surface area contributed by atoms with Crippen molar-refractivity contribution in [3.05, 3.63) is 101 Å². The van der Waals surface area contributed by atoms with Gasteiger partial charge in [-0.1, -0.05) is 37.3 Å². The van der Waals surface area contributed by atoms with E-state index < -0.39 is 35.6 Å². The van der Waals surface area contributed by atoms with E-state index in [4.69, 9.17) is 5.73 Å². The van der Waals surface area contributed by atoms with Crippen LogP contribution >= 0.6 is 11.3 Å². The standard InChI is InChI=1S/C28H30F2N4O2S/c1-2-18-5-3-6-19(11-18)16-32-17-23(24(31)14-20-12-21(29)15-22(30)13-20)27(28(35)36)34-9-8-25(33-34)26-7-4-10-37-26/h3-13,15,23-24,27,32H,2,14,16-17,31H2,1H3,(H,35,36)/t23?,24?,27-/m0/s1. The van der Waals surface area contributed by atoms with Crippen LogP contribution in [0.3, 0.4) is 0 Å². The number of hydrogen-bond acceptors (Lipinski definition) is 5. The number of aromatic nitrogens is 2. The summed E-state index contributed by atoms with van der Waals surface area (Å²) in [4.78, 5) is 13.5. The predicted octanol–water partition coefficient (Wildman–Crippen LogP) is 5.05. The SMILES string of the molecule is CCc1cccc(CNCC(C(N)Cc2cc(F)cc(F)c2)[C@@H](C(=O)O)n2ccc(-c3cccs3)n2)c1. The van der Waals surface area contributed by atoms with Gasteiger partial charge in [0.15, 0.2) is 6.04 Å². The van der Waals surface area contributed by atoms with Gasteiger partial charge in [0.05, 0.1) is 4.88 Å². The van der Waals surface area contributed by atoms with Gasteiger partial charge in [0.2, 0.25) is 0 Å². The number of carboxylic acid groups (broad SMARTS) is 1. The van der Waals surface area contributed by atoms with Crippen molar-refractivity contribution in [1.82, 2.24) is 15.1 Å². The van der Waals surface area contributed by atoms with Gasteiger partial charge in [-0.2, -0.15) is 5.10 Å². The van der Waals surface area contributed by atoms with Crippen LogP contribution in [0, 0.1) is 17.6 Å². The molecule has 0 saturated carbocycles. The first-order valence-electron chi connectivity index (χ1n) is 12.1. The lowest BCUT2D eigenvalue weighted by atomic mass is 9.87. The second-order valence-electron chi connectivity index (χ2n) is 9.06. The first-order chi connectivity index (χ1) is 17.8. The number of benzene rings is 2. The van der Waals surface area contributed by atoms with Crippen molar-refractivity contribution in [2.75, 3.05) is 6.54 Å². The lowest BCUT2D eigenvalue weighted by Gasteiger charge is -2.30. The smallest absolute Gasteiger partial charge is 0.328 e. The lowest BCUT2D eigenvalue weighted by molar-refractivity contribution is -0.143. The number of rotatable bonds is 12. The molecule has 0 aliphatic rings. The molecule has 0 spiro atoms. The fourth-order valence-corrected chi connectivity index (χ4v) is 5.22. The van der Waals surface area contributed by atoms with Gasteiger partial charge < -0.3 is 16.2 Å². The molecule has 0 bridgehead atoms. The third kappa shape index (κ3) is 6.88. The average molecular weight is 525 g/mol. The summed E-state index contributed by atoms with van der Waals surface area (Å²) >= 11 is 1.51. The predicted molar refractivity (Wildman–Crippen MR) is 141 cm³/mol. The summed E-state index contributed by atoms with van der Waals surface area (Å²) < 4.78 is 29.1. The normalized spacial score (nSPS) is 13.8. The zero-order valence-electron chi connectivity index (χ0n) is 20.5. The van der Waals surface area contributed by atoms with Crippen molar-refractivity contribution < 1.29 is 18.7 Å². The Hall–Kier alpha value is -3.40. The molecular weight excluding hydrogens is 494 g/mol. The van der Waals surface area contributed by atoms with E-state index in [-0.39, 0.29) is 13.0 Å². The number of carbonyl (C=O) groups is 1. The lowest BCUT2D eigenvalue weighted by Crippen LogP contribution is -2.46. The second kappa shape index (κ2) is 12.2. The molecule has 6 nitrogen and oxygen atoms in total. The van der Waals surface area contributed by atoms with Crippen LogP contribution in [-0.2, 0) is 24.2 Å². The molecule has 0 radical (unpaired) electrons. The van der Waals surface area contributed by atoms with Gasteiger partial charge in [-0.15, -0.1) is 11.3 Å². The molecule has 0 amide bonds. The van der Waals surface area contributed by atoms with Crippen LogP contribution < -0.4 is 11.1 Å². The number of nitrogens with two attached hydrogens (primary N) is 1. The van der Waals surface area contributed by atoms with E-state index in [1.165, 1.54) is 33.7 Å². The Bertz CT molecular complexity index is 1310. The molecule has 3 atom stereocenters. The highest BCUT2D eigenvalue weighted by molar-refractivity contribution is 7.13. The number of aliphatic carboxylic acids is 1. The minimum absolute atomic E-state index is 0.106. The first-order valence-corrected chi connectivity index (χ1v) is 13.0. The van der Waals surface area contributed by atoms with Crippen LogP contribution in [0.4, 0.5) is 8.78 Å². The fourth-order valence-electron chi connectivity index (χ4n) is 4.53. The maximum absolute atomic E-state index is 13.8. The molecule has 0 aliphatic carbocycles. The number of carboxylic acids is 1. The number of hydrogen-bond donors (Lipinski definition) is 3. The summed E-state index contributed by atoms with van der Waals surface area (Å²) in [5.41, 5.74) is 9.89. The molecule has 2 heterocycles. The summed E-state index contributed by atoms with van der Waals surface area (Å²) in [6, 6.07) is 15.2. The Morgan fingerprint density at radius 3 is 2.51 bits per heavy atom. The number of nitrogens with zero attached hydrogens (tertiary/aromatic N) is 2. The van der Waals surface area contributed by atoms with Crippen LogP contribution in [0.25, 0.3) is 10.6 Å². The number of aryl methyl sites for hydroxylation is 1. The van der Waals surface area contributed by atoms with Gasteiger partial charge >= 0.3 is 5.97 Å². The van der Waals surface area contributed by atoms with E-state index in [0.29, 0.717) is 17.8 Å². The molecule has 4 aromatic rings. The molecule has 2 aromatic heterocycles. The van der Waals surface area contributed by atoms with E-state index in [0.717, 1.165) is 22.9 Å². The highest BCUT2D eigenvalue weighted by Crippen LogP contribution is 2.27. The van der Waals surface area contributed by atoms with Gasteiger partial charge in [0, 0.05) is 37.3 Å². The van der Waals surface area contributed by atoms with Crippen LogP contribution in [-0.4, -0.2) is 33.4 Å². The zero-order valence-corrected chi connectivity index (χ0v) is 21.3. The van der Waals surface area contributed by atoms with Gasteiger partial charge in [-0.05, 0) is 59.2 Å². The highest BCUT2D eigenvalue weighted by Gasteiger charge is 2.35. The third-order valence-corrected chi connectivity index (χ3v) is 7.27. The molecule has 0 saturated heterocycles. The molecule has 2 aromatic carbocycles. The Labute approximate surface area is 218 Å². The summed E-state index contributed by atoms with van der Waals surface area (Å²) in [6.45, 7) is 2.88. The third-order valence-electron chi connectivity index (χ3n) is 6.38. The highest BCUT2D eigenvalue weighted by atomic mass is 32.1. The summed E-state index contributed by atoms with van der Waals surface area (Å²) in [5, 5.41) is 20.1. The number of nitrogens with one attached hydrogen (secondary N) is 1. The maximum atomic E-state index is 13.8. The van der Waals surface area contributed by atoms with E-state index in [1.807, 2.05) is 29.6 Å². The number of thiophene rings is 1. The van der Waals surface area contributed by atoms with Gasteiger partial charge in [0.1, 0.15) is 17.3 Å². The van der Waals surface area contributed by atoms with Crippen LogP contribution in [0.1, 0.15) is 29.7 Å². The summed E-state index contributed by atoms with van der Waals surface area (Å²) in [5.74, 6) is -3.11. The summed E-state index contributed by atoms with van der Waals surface area (Å²) in [7, 11) is 0. The molecule has 4 rings (SSSR count). The number of halogens is 2. The van der Waals surface area contributed by atoms with Crippen LogP contribution in [0.2, 0.25) is 0 Å². The molecule has 37 heavy (non-hydrogen) atoms. The minimum Gasteiger partial charge on any atom is -0.480 e. The zero-order chi connectivity index (χ0) is 26.4. The largest absolute Gasteiger partial charge is 0.480 e. The van der Waals surface area contributed by atoms with Crippen molar-refractivity contribution in [2.24, 2.45) is 11.7 Å². The molecular formula is C28H30F2N4O2S. The van der Waals surface area contributed by atoms with Gasteiger partial charge in [0.25, 0.3) is 0 Å². The van der Waals surface area contributed by atoms with Crippen LogP contribution in [0.15, 0.2) is 72.2 Å². The molecule has 2 unspecified atom stereocenters. The quantitative estimate of drug-likeness (QED) is 0.241. The Morgan fingerprint density at radius 1 is 1.08 bits per heavy atom. The van der Waals surface area contributed by atoms with Crippen molar-refractivity contribution in [3.8, 4) is 10.6 Å². The van der Waals surface area contributed by atoms with Gasteiger partial charge in [-0.3, -0.25) is 4.68 Å². The molecule has 4 N–H and O–H groups in total. The average Bonchev–Trinajstić information content (AvgIpc) is 3.55. The van der Waals surface area contributed by atoms with Crippen molar-refractivity contribution in [1.29, 1.82) is 0 Å². The second-order valence-corrected chi connectivity index (χ2v) is 10.0. The van der Waals surface area contributed by atoms with E-state index >= 15 is 0 Å². The fraction of sp³-hybridized carbons (Fsp3) is 0.286. The Kier molecular flexibility index (Phi) is 8.81. The van der Waals surface area contributed by atoms with Gasteiger partial charge in [-0.25, -0.2) is 13.6 Å². The topological polar surface area (TPSA) is 93.2 Å². The van der Waals surface area contributed by atoms with Crippen LogP contribution in [0.5, 0.6) is 0 Å². The maximum Gasteiger partial charge on any atom is 0.328 e. The molecule has 0 fully saturated rings. The monoisotopic (exact) mass is 524 g/mol. The van der Waals surface area contributed by atoms with Crippen molar-refractivity contribution in [3.63, 3.8) is 0 Å². The van der Waals surface area contributed by atoms with E-state index in [9.17, 15) is 18.7 Å². The Morgan fingerprint density at radius 2 is 1.84 bits per heavy atom. The molecule has 0 aliphatic heterocycles. The summed E-state index contributed by atoms with van der Waals surface area (Å²) in [6.07, 6.45) is 2.66. The first kappa shape index (κ1) is 26.7. The van der Waals surface area contributed by atoms with E-state index in [2.05, 4.69) is 29.5 Å². The van der Waals surface area contributed by atoms with Crippen molar-refractivity contribution >= 4 is 17.3 Å². The van der Waals surface area contributed by atoms with Crippen molar-refractivity contribution in [2.45, 2.75) is 38.4 Å². The minimum atomic E-state index is -1.09. The van der Waals surface area contributed by atoms with E-state index in [1.54, 1.807) is 12.3 Å².